The molecule has 2 aromatic rings. The second-order valence-electron chi connectivity index (χ2n) is 5.59. The minimum absolute atomic E-state index is 0.0466. The number of aromatic hydroxyl groups is 1. The Kier molecular flexibility index (Phi) is 4.28. The number of amides is 2. The van der Waals surface area contributed by atoms with Crippen LogP contribution in [-0.4, -0.2) is 22.6 Å². The molecule has 0 bridgehead atoms. The summed E-state index contributed by atoms with van der Waals surface area (Å²) in [5.41, 5.74) is 2.08. The highest BCUT2D eigenvalue weighted by molar-refractivity contribution is 5.75. The lowest BCUT2D eigenvalue weighted by atomic mass is 10.1. The molecule has 4 heteroatoms. The molecule has 2 N–H and O–H groups in total. The van der Waals surface area contributed by atoms with E-state index in [1.807, 2.05) is 29.2 Å². The van der Waals surface area contributed by atoms with Crippen molar-refractivity contribution in [2.75, 3.05) is 6.54 Å². The lowest BCUT2D eigenvalue weighted by Crippen LogP contribution is -2.39. The first kappa shape index (κ1) is 14.4. The molecule has 1 saturated heterocycles. The molecule has 0 aromatic heterocycles. The molecule has 0 spiro atoms. The standard InChI is InChI=1S/C18H20N2O2/c21-16-9-4-6-14(12-16)13-19-18(22)20-11-5-10-17(20)15-7-2-1-3-8-15/h1-4,6-9,12,17,21H,5,10-11,13H2,(H,19,22). The molecule has 1 aliphatic heterocycles. The maximum atomic E-state index is 12.4. The highest BCUT2D eigenvalue weighted by Gasteiger charge is 2.29. The van der Waals surface area contributed by atoms with Gasteiger partial charge in [0.25, 0.3) is 0 Å². The first-order valence-electron chi connectivity index (χ1n) is 7.61. The maximum absolute atomic E-state index is 12.4. The predicted octanol–water partition coefficient (Wildman–Crippen LogP) is 3.44. The van der Waals surface area contributed by atoms with Crippen molar-refractivity contribution in [3.8, 4) is 5.75 Å². The summed E-state index contributed by atoms with van der Waals surface area (Å²) in [6.45, 7) is 1.21. The molecule has 0 radical (unpaired) electrons. The van der Waals surface area contributed by atoms with E-state index in [1.165, 1.54) is 5.56 Å². The van der Waals surface area contributed by atoms with E-state index in [-0.39, 0.29) is 17.8 Å². The van der Waals surface area contributed by atoms with E-state index in [9.17, 15) is 9.90 Å². The summed E-state index contributed by atoms with van der Waals surface area (Å²) in [7, 11) is 0. The van der Waals surface area contributed by atoms with Gasteiger partial charge in [-0.05, 0) is 36.1 Å². The number of carbonyl (C=O) groups excluding carboxylic acids is 1. The van der Waals surface area contributed by atoms with Gasteiger partial charge < -0.3 is 15.3 Å². The summed E-state index contributed by atoms with van der Waals surface area (Å²) >= 11 is 0. The Balaban J connectivity index is 1.64. The van der Waals surface area contributed by atoms with Crippen molar-refractivity contribution in [2.45, 2.75) is 25.4 Å². The van der Waals surface area contributed by atoms with Crippen LogP contribution >= 0.6 is 0 Å². The Hall–Kier alpha value is -2.49. The van der Waals surface area contributed by atoms with Gasteiger partial charge in [-0.1, -0.05) is 42.5 Å². The van der Waals surface area contributed by atoms with Gasteiger partial charge in [0, 0.05) is 13.1 Å². The Morgan fingerprint density at radius 2 is 2.00 bits per heavy atom. The van der Waals surface area contributed by atoms with E-state index in [0.717, 1.165) is 24.9 Å². The highest BCUT2D eigenvalue weighted by atomic mass is 16.3. The van der Waals surface area contributed by atoms with E-state index >= 15 is 0 Å². The lowest BCUT2D eigenvalue weighted by molar-refractivity contribution is 0.192. The van der Waals surface area contributed by atoms with Crippen LogP contribution in [0.2, 0.25) is 0 Å². The monoisotopic (exact) mass is 296 g/mol. The molecule has 1 heterocycles. The number of hydrogen-bond donors (Lipinski definition) is 2. The molecule has 3 rings (SSSR count). The van der Waals surface area contributed by atoms with Crippen LogP contribution in [-0.2, 0) is 6.54 Å². The average molecular weight is 296 g/mol. The van der Waals surface area contributed by atoms with Gasteiger partial charge in [0.05, 0.1) is 6.04 Å². The summed E-state index contributed by atoms with van der Waals surface area (Å²) in [5.74, 6) is 0.218. The summed E-state index contributed by atoms with van der Waals surface area (Å²) < 4.78 is 0. The molecule has 1 atom stereocenters. The van der Waals surface area contributed by atoms with E-state index in [4.69, 9.17) is 0 Å². The zero-order chi connectivity index (χ0) is 15.4. The summed E-state index contributed by atoms with van der Waals surface area (Å²) in [4.78, 5) is 14.3. The molecule has 22 heavy (non-hydrogen) atoms. The topological polar surface area (TPSA) is 52.6 Å². The number of phenolic OH excluding ortho intramolecular Hbond substituents is 1. The van der Waals surface area contributed by atoms with Crippen molar-refractivity contribution in [3.63, 3.8) is 0 Å². The minimum atomic E-state index is -0.0466. The number of nitrogens with zero attached hydrogens (tertiary/aromatic N) is 1. The number of likely N-dealkylation sites (tertiary alicyclic amines) is 1. The van der Waals surface area contributed by atoms with Crippen LogP contribution in [0.15, 0.2) is 54.6 Å². The van der Waals surface area contributed by atoms with Gasteiger partial charge in [0.1, 0.15) is 5.75 Å². The first-order valence-corrected chi connectivity index (χ1v) is 7.61. The third-order valence-electron chi connectivity index (χ3n) is 4.05. The molecule has 0 aliphatic carbocycles. The van der Waals surface area contributed by atoms with Gasteiger partial charge in [-0.25, -0.2) is 4.79 Å². The van der Waals surface area contributed by atoms with Crippen molar-refractivity contribution in [2.24, 2.45) is 0 Å². The Bertz CT molecular complexity index is 643. The highest BCUT2D eigenvalue weighted by Crippen LogP contribution is 2.31. The van der Waals surface area contributed by atoms with E-state index < -0.39 is 0 Å². The molecule has 2 amide bonds. The zero-order valence-electron chi connectivity index (χ0n) is 12.4. The number of hydrogen-bond acceptors (Lipinski definition) is 2. The van der Waals surface area contributed by atoms with Crippen LogP contribution in [0.1, 0.15) is 30.0 Å². The summed E-state index contributed by atoms with van der Waals surface area (Å²) in [6, 6.07) is 17.2. The number of phenols is 1. The summed E-state index contributed by atoms with van der Waals surface area (Å²) in [5, 5.41) is 12.4. The molecule has 1 unspecified atom stereocenters. The first-order chi connectivity index (χ1) is 10.7. The molecule has 4 nitrogen and oxygen atoms in total. The number of nitrogens with one attached hydrogen (secondary N) is 1. The zero-order valence-corrected chi connectivity index (χ0v) is 12.4. The minimum Gasteiger partial charge on any atom is -0.508 e. The quantitative estimate of drug-likeness (QED) is 0.911. The van der Waals surface area contributed by atoms with Crippen LogP contribution in [0.3, 0.4) is 0 Å². The lowest BCUT2D eigenvalue weighted by Gasteiger charge is -2.25. The van der Waals surface area contributed by atoms with Crippen molar-refractivity contribution in [1.82, 2.24) is 10.2 Å². The van der Waals surface area contributed by atoms with Crippen molar-refractivity contribution in [1.29, 1.82) is 0 Å². The SMILES string of the molecule is O=C(NCc1cccc(O)c1)N1CCCC1c1ccccc1. The normalized spacial score (nSPS) is 17.5. The smallest absolute Gasteiger partial charge is 0.318 e. The number of carbonyl (C=O) groups is 1. The Morgan fingerprint density at radius 3 is 2.77 bits per heavy atom. The van der Waals surface area contributed by atoms with Gasteiger partial charge in [-0.3, -0.25) is 0 Å². The number of urea groups is 1. The second kappa shape index (κ2) is 6.52. The molecule has 0 saturated carbocycles. The van der Waals surface area contributed by atoms with Crippen LogP contribution in [0, 0.1) is 0 Å². The number of benzene rings is 2. The fourth-order valence-corrected chi connectivity index (χ4v) is 2.98. The molecule has 1 aliphatic rings. The van der Waals surface area contributed by atoms with Gasteiger partial charge >= 0.3 is 6.03 Å². The summed E-state index contributed by atoms with van der Waals surface area (Å²) in [6.07, 6.45) is 2.03. The van der Waals surface area contributed by atoms with Crippen molar-refractivity contribution >= 4 is 6.03 Å². The molecule has 1 fully saturated rings. The van der Waals surface area contributed by atoms with E-state index in [1.54, 1.807) is 18.2 Å². The fraction of sp³-hybridized carbons (Fsp3) is 0.278. The van der Waals surface area contributed by atoms with Gasteiger partial charge in [0.2, 0.25) is 0 Å². The second-order valence-corrected chi connectivity index (χ2v) is 5.59. The van der Waals surface area contributed by atoms with Crippen molar-refractivity contribution < 1.29 is 9.90 Å². The molecular formula is C18H20N2O2. The van der Waals surface area contributed by atoms with Gasteiger partial charge in [-0.15, -0.1) is 0 Å². The number of rotatable bonds is 3. The van der Waals surface area contributed by atoms with E-state index in [2.05, 4.69) is 17.4 Å². The fourth-order valence-electron chi connectivity index (χ4n) is 2.98. The Morgan fingerprint density at radius 1 is 1.18 bits per heavy atom. The van der Waals surface area contributed by atoms with E-state index in [0.29, 0.717) is 6.54 Å². The average Bonchev–Trinajstić information content (AvgIpc) is 3.03. The third-order valence-corrected chi connectivity index (χ3v) is 4.05. The van der Waals surface area contributed by atoms with Crippen LogP contribution in [0.25, 0.3) is 0 Å². The molecule has 2 aromatic carbocycles. The largest absolute Gasteiger partial charge is 0.508 e. The molecule has 114 valence electrons. The Labute approximate surface area is 130 Å². The van der Waals surface area contributed by atoms with Crippen LogP contribution < -0.4 is 5.32 Å². The van der Waals surface area contributed by atoms with Gasteiger partial charge in [-0.2, -0.15) is 0 Å². The van der Waals surface area contributed by atoms with Crippen LogP contribution in [0.5, 0.6) is 5.75 Å². The van der Waals surface area contributed by atoms with Crippen molar-refractivity contribution in [3.05, 3.63) is 65.7 Å². The maximum Gasteiger partial charge on any atom is 0.318 e. The predicted molar refractivity (Wildman–Crippen MR) is 85.5 cm³/mol. The molecular weight excluding hydrogens is 276 g/mol. The van der Waals surface area contributed by atoms with Gasteiger partial charge in [0.15, 0.2) is 0 Å². The third kappa shape index (κ3) is 3.22. The van der Waals surface area contributed by atoms with Crippen LogP contribution in [0.4, 0.5) is 4.79 Å².